The summed E-state index contributed by atoms with van der Waals surface area (Å²) in [6, 6.07) is 19.1. The van der Waals surface area contributed by atoms with E-state index < -0.39 is 17.9 Å². The van der Waals surface area contributed by atoms with Gasteiger partial charge in [0.15, 0.2) is 17.5 Å². The molecule has 9 nitrogen and oxygen atoms in total. The number of rotatable bonds is 7. The zero-order valence-electron chi connectivity index (χ0n) is 18.2. The van der Waals surface area contributed by atoms with Crippen LogP contribution < -0.4 is 26.3 Å². The topological polar surface area (TPSA) is 149 Å². The zero-order valence-corrected chi connectivity index (χ0v) is 18.2. The fraction of sp³-hybridized carbons (Fsp3) is 0.160. The highest BCUT2D eigenvalue weighted by Crippen LogP contribution is 2.41. The number of carbonyl (C=O) groups excluding carboxylic acids is 1. The summed E-state index contributed by atoms with van der Waals surface area (Å²) in [4.78, 5) is 27.3. The lowest BCUT2D eigenvalue weighted by molar-refractivity contribution is -0.138. The van der Waals surface area contributed by atoms with Gasteiger partial charge < -0.3 is 31.4 Å². The highest BCUT2D eigenvalue weighted by molar-refractivity contribution is 6.02. The molecule has 1 atom stereocenters. The second kappa shape index (κ2) is 10.1. The number of carbonyl (C=O) groups is 2. The summed E-state index contributed by atoms with van der Waals surface area (Å²) < 4.78 is 11.2. The monoisotopic (exact) mass is 460 g/mol. The number of nitrogens with two attached hydrogens (primary N) is 2. The van der Waals surface area contributed by atoms with Crippen LogP contribution in [0.2, 0.25) is 0 Å². The first-order valence-electron chi connectivity index (χ1n) is 10.6. The number of aliphatic carboxylic acids is 1. The van der Waals surface area contributed by atoms with Crippen molar-refractivity contribution >= 4 is 17.8 Å². The van der Waals surface area contributed by atoms with E-state index in [2.05, 4.69) is 10.3 Å². The predicted molar refractivity (Wildman–Crippen MR) is 127 cm³/mol. The lowest BCUT2D eigenvalue weighted by Crippen LogP contribution is -2.32. The molecule has 4 rings (SSSR count). The molecular weight excluding hydrogens is 436 g/mol. The molecule has 0 bridgehead atoms. The van der Waals surface area contributed by atoms with Gasteiger partial charge in [-0.3, -0.25) is 9.59 Å². The fourth-order valence-corrected chi connectivity index (χ4v) is 3.61. The van der Waals surface area contributed by atoms with Crippen LogP contribution in [-0.2, 0) is 17.8 Å². The summed E-state index contributed by atoms with van der Waals surface area (Å²) in [7, 11) is 0. The van der Waals surface area contributed by atoms with Gasteiger partial charge in [-0.15, -0.1) is 0 Å². The smallest absolute Gasteiger partial charge is 0.320 e. The molecule has 3 aromatic carbocycles. The maximum absolute atomic E-state index is 12.5. The fourth-order valence-electron chi connectivity index (χ4n) is 3.61. The quantitative estimate of drug-likeness (QED) is 0.310. The van der Waals surface area contributed by atoms with E-state index in [4.69, 9.17) is 26.0 Å². The van der Waals surface area contributed by atoms with E-state index in [0.717, 1.165) is 16.7 Å². The Morgan fingerprint density at radius 1 is 1.03 bits per heavy atom. The third-order valence-corrected chi connectivity index (χ3v) is 5.37. The molecule has 1 aliphatic heterocycles. The molecule has 1 unspecified atom stereocenters. The molecule has 174 valence electrons. The molecule has 34 heavy (non-hydrogen) atoms. The summed E-state index contributed by atoms with van der Waals surface area (Å²) >= 11 is 0. The Bertz CT molecular complexity index is 1230. The molecule has 0 saturated heterocycles. The van der Waals surface area contributed by atoms with E-state index in [1.165, 1.54) is 0 Å². The first-order valence-corrected chi connectivity index (χ1v) is 10.6. The number of nitrogens with one attached hydrogen (secondary N) is 1. The highest BCUT2D eigenvalue weighted by Gasteiger charge is 2.21. The minimum absolute atomic E-state index is 0.0440. The molecule has 0 aliphatic carbocycles. The number of fused-ring (bicyclic) bond motifs is 1. The molecule has 3 aromatic rings. The first kappa shape index (κ1) is 22.8. The number of nitrogens with zero attached hydrogens (tertiary/aromatic N) is 1. The maximum Gasteiger partial charge on any atom is 0.320 e. The molecule has 0 aromatic heterocycles. The van der Waals surface area contributed by atoms with E-state index in [9.17, 15) is 9.59 Å². The molecular formula is C25H24N4O5. The van der Waals surface area contributed by atoms with E-state index in [0.29, 0.717) is 22.6 Å². The van der Waals surface area contributed by atoms with Crippen molar-refractivity contribution in [1.29, 1.82) is 0 Å². The van der Waals surface area contributed by atoms with Gasteiger partial charge in [-0.1, -0.05) is 48.5 Å². The molecule has 6 N–H and O–H groups in total. The average Bonchev–Trinajstić information content (AvgIpc) is 3.32. The third kappa shape index (κ3) is 5.16. The van der Waals surface area contributed by atoms with Crippen LogP contribution in [0, 0.1) is 0 Å². The Kier molecular flexibility index (Phi) is 6.74. The van der Waals surface area contributed by atoms with E-state index in [1.54, 1.807) is 24.3 Å². The molecule has 0 saturated carbocycles. The summed E-state index contributed by atoms with van der Waals surface area (Å²) in [5, 5.41) is 11.9. The number of carboxylic acids is 1. The lowest BCUT2D eigenvalue weighted by Gasteiger charge is -2.14. The maximum atomic E-state index is 12.5. The lowest BCUT2D eigenvalue weighted by atomic mass is 9.98. The number of carboxylic acid groups (broad SMARTS) is 1. The van der Waals surface area contributed by atoms with Crippen molar-refractivity contribution in [3.8, 4) is 22.6 Å². The molecule has 1 heterocycles. The number of aliphatic imine (C=N–C) groups is 1. The third-order valence-electron chi connectivity index (χ3n) is 5.37. The summed E-state index contributed by atoms with van der Waals surface area (Å²) in [6.45, 7) is 0.404. The van der Waals surface area contributed by atoms with Crippen LogP contribution in [-0.4, -0.2) is 35.8 Å². The van der Waals surface area contributed by atoms with Crippen molar-refractivity contribution < 1.29 is 24.2 Å². The number of guanidine groups is 1. The molecule has 0 radical (unpaired) electrons. The molecule has 0 fully saturated rings. The van der Waals surface area contributed by atoms with Gasteiger partial charge in [0, 0.05) is 17.7 Å². The van der Waals surface area contributed by atoms with E-state index in [1.807, 2.05) is 42.5 Å². The molecule has 9 heteroatoms. The van der Waals surface area contributed by atoms with Crippen molar-refractivity contribution in [3.63, 3.8) is 0 Å². The highest BCUT2D eigenvalue weighted by atomic mass is 16.7. The molecule has 1 amide bonds. The van der Waals surface area contributed by atoms with Gasteiger partial charge in [0.25, 0.3) is 5.91 Å². The van der Waals surface area contributed by atoms with Crippen LogP contribution in [0.15, 0.2) is 71.7 Å². The molecule has 0 spiro atoms. The zero-order chi connectivity index (χ0) is 24.1. The van der Waals surface area contributed by atoms with Crippen molar-refractivity contribution in [3.05, 3.63) is 83.4 Å². The van der Waals surface area contributed by atoms with Gasteiger partial charge in [0.2, 0.25) is 6.79 Å². The van der Waals surface area contributed by atoms with Gasteiger partial charge in [0.1, 0.15) is 6.04 Å². The Morgan fingerprint density at radius 3 is 2.47 bits per heavy atom. The van der Waals surface area contributed by atoms with Crippen LogP contribution in [0.3, 0.4) is 0 Å². The number of amides is 1. The van der Waals surface area contributed by atoms with Crippen molar-refractivity contribution in [2.24, 2.45) is 16.5 Å². The molecule has 1 aliphatic rings. The van der Waals surface area contributed by atoms with Gasteiger partial charge in [-0.05, 0) is 41.3 Å². The summed E-state index contributed by atoms with van der Waals surface area (Å²) in [5.41, 5.74) is 15.4. The van der Waals surface area contributed by atoms with Crippen LogP contribution in [0.4, 0.5) is 0 Å². The van der Waals surface area contributed by atoms with Gasteiger partial charge in [-0.2, -0.15) is 4.99 Å². The predicted octanol–water partition coefficient (Wildman–Crippen LogP) is 2.28. The first-order chi connectivity index (χ1) is 16.4. The normalized spacial score (nSPS) is 13.4. The Balaban J connectivity index is 1.47. The van der Waals surface area contributed by atoms with Crippen molar-refractivity contribution in [1.82, 2.24) is 5.32 Å². The van der Waals surface area contributed by atoms with Crippen LogP contribution in [0.1, 0.15) is 21.5 Å². The second-order valence-corrected chi connectivity index (χ2v) is 7.69. The van der Waals surface area contributed by atoms with Gasteiger partial charge >= 0.3 is 5.97 Å². The second-order valence-electron chi connectivity index (χ2n) is 7.69. The van der Waals surface area contributed by atoms with Crippen LogP contribution in [0.25, 0.3) is 11.1 Å². The van der Waals surface area contributed by atoms with Crippen molar-refractivity contribution in [2.75, 3.05) is 6.79 Å². The minimum atomic E-state index is -1.08. The van der Waals surface area contributed by atoms with Gasteiger partial charge in [0.05, 0.1) is 0 Å². The van der Waals surface area contributed by atoms with Crippen molar-refractivity contribution in [2.45, 2.75) is 19.0 Å². The summed E-state index contributed by atoms with van der Waals surface area (Å²) in [5.74, 6) is -0.383. The number of hydrogen-bond donors (Lipinski definition) is 4. The number of hydrogen-bond acceptors (Lipinski definition) is 5. The SMILES string of the molecule is NC(=NC(=O)c1ccc(CC(N)C(=O)O)cc1)NCc1c(-c2ccccc2)ccc2c1OCO2. The minimum Gasteiger partial charge on any atom is -0.480 e. The van der Waals surface area contributed by atoms with E-state index in [-0.39, 0.29) is 25.7 Å². The largest absolute Gasteiger partial charge is 0.480 e. The van der Waals surface area contributed by atoms with Crippen LogP contribution >= 0.6 is 0 Å². The standard InChI is InChI=1S/C25H24N4O5/c26-20(24(31)32)12-15-6-8-17(9-7-15)23(30)29-25(27)28-13-19-18(16-4-2-1-3-5-16)10-11-21-22(19)34-14-33-21/h1-11,20H,12-14,26H2,(H,31,32)(H3,27,28,29,30). The Morgan fingerprint density at radius 2 is 1.76 bits per heavy atom. The number of ether oxygens (including phenoxy) is 2. The average molecular weight is 460 g/mol. The number of benzene rings is 3. The van der Waals surface area contributed by atoms with E-state index >= 15 is 0 Å². The van der Waals surface area contributed by atoms with Crippen LogP contribution in [0.5, 0.6) is 11.5 Å². The Labute approximate surface area is 196 Å². The Hall–Kier alpha value is -4.37. The summed E-state index contributed by atoms with van der Waals surface area (Å²) in [6.07, 6.45) is 0.160. The van der Waals surface area contributed by atoms with Gasteiger partial charge in [-0.25, -0.2) is 0 Å².